The van der Waals surface area contributed by atoms with E-state index in [4.69, 9.17) is 4.74 Å². The molecule has 2 aromatic rings. The SMILES string of the molecule is COc1ccc(S(=O)(=O)N2CCC(C(=O)Nc3ccccc3C(=O)NC3CCCC3)CC2)cc1. The molecule has 1 saturated carbocycles. The highest BCUT2D eigenvalue weighted by Gasteiger charge is 2.32. The average Bonchev–Trinajstić information content (AvgIpc) is 3.37. The molecule has 2 aliphatic rings. The lowest BCUT2D eigenvalue weighted by atomic mass is 9.97. The Morgan fingerprint density at radius 2 is 1.59 bits per heavy atom. The van der Waals surface area contributed by atoms with E-state index in [0.717, 1.165) is 25.7 Å². The van der Waals surface area contributed by atoms with Crippen LogP contribution < -0.4 is 15.4 Å². The predicted octanol–water partition coefficient (Wildman–Crippen LogP) is 3.41. The Balaban J connectivity index is 1.36. The van der Waals surface area contributed by atoms with Gasteiger partial charge in [0.15, 0.2) is 0 Å². The van der Waals surface area contributed by atoms with Crippen LogP contribution in [0.5, 0.6) is 5.75 Å². The van der Waals surface area contributed by atoms with Crippen molar-refractivity contribution >= 4 is 27.5 Å². The minimum Gasteiger partial charge on any atom is -0.497 e. The molecule has 0 unspecified atom stereocenters. The molecule has 0 spiro atoms. The van der Waals surface area contributed by atoms with E-state index in [-0.39, 0.29) is 41.8 Å². The van der Waals surface area contributed by atoms with E-state index in [1.807, 2.05) is 0 Å². The molecule has 1 saturated heterocycles. The van der Waals surface area contributed by atoms with Gasteiger partial charge in [-0.3, -0.25) is 9.59 Å². The lowest BCUT2D eigenvalue weighted by Crippen LogP contribution is -2.41. The zero-order valence-electron chi connectivity index (χ0n) is 19.3. The van der Waals surface area contributed by atoms with E-state index in [1.165, 1.54) is 23.5 Å². The number of piperidine rings is 1. The number of rotatable bonds is 7. The molecule has 182 valence electrons. The number of nitrogens with one attached hydrogen (secondary N) is 2. The molecule has 0 aromatic heterocycles. The molecular weight excluding hydrogens is 454 g/mol. The first-order valence-electron chi connectivity index (χ1n) is 11.7. The molecule has 1 aliphatic carbocycles. The van der Waals surface area contributed by atoms with Crippen LogP contribution >= 0.6 is 0 Å². The van der Waals surface area contributed by atoms with Crippen molar-refractivity contribution in [1.29, 1.82) is 0 Å². The van der Waals surface area contributed by atoms with Crippen LogP contribution in [0.25, 0.3) is 0 Å². The molecule has 0 radical (unpaired) electrons. The van der Waals surface area contributed by atoms with Crippen LogP contribution in [0.15, 0.2) is 53.4 Å². The van der Waals surface area contributed by atoms with Gasteiger partial charge in [-0.2, -0.15) is 4.31 Å². The molecule has 1 heterocycles. The number of sulfonamides is 1. The Hall–Kier alpha value is -2.91. The number of amides is 2. The van der Waals surface area contributed by atoms with Crippen LogP contribution in [0.1, 0.15) is 48.9 Å². The molecule has 34 heavy (non-hydrogen) atoms. The predicted molar refractivity (Wildman–Crippen MR) is 129 cm³/mol. The standard InChI is InChI=1S/C25H31N3O5S/c1-33-20-10-12-21(13-11-20)34(31,32)28-16-14-18(15-17-28)24(29)27-23-9-5-4-8-22(23)25(30)26-19-6-2-3-7-19/h4-5,8-13,18-19H,2-3,6-7,14-17H2,1H3,(H,26,30)(H,27,29). The smallest absolute Gasteiger partial charge is 0.253 e. The fourth-order valence-corrected chi connectivity index (χ4v) is 6.08. The summed E-state index contributed by atoms with van der Waals surface area (Å²) in [4.78, 5) is 25.9. The average molecular weight is 486 g/mol. The summed E-state index contributed by atoms with van der Waals surface area (Å²) in [7, 11) is -2.10. The third kappa shape index (κ3) is 5.42. The van der Waals surface area contributed by atoms with Crippen LogP contribution in [-0.4, -0.2) is 50.8 Å². The van der Waals surface area contributed by atoms with E-state index in [0.29, 0.717) is 29.8 Å². The van der Waals surface area contributed by atoms with Crippen molar-refractivity contribution in [1.82, 2.24) is 9.62 Å². The molecule has 4 rings (SSSR count). The third-order valence-corrected chi connectivity index (χ3v) is 8.55. The number of hydrogen-bond donors (Lipinski definition) is 2. The van der Waals surface area contributed by atoms with Gasteiger partial charge >= 0.3 is 0 Å². The van der Waals surface area contributed by atoms with Crippen LogP contribution in [-0.2, 0) is 14.8 Å². The summed E-state index contributed by atoms with van der Waals surface area (Å²) in [5, 5.41) is 5.96. The first-order chi connectivity index (χ1) is 16.4. The van der Waals surface area contributed by atoms with Crippen LogP contribution in [0.2, 0.25) is 0 Å². The number of nitrogens with zero attached hydrogens (tertiary/aromatic N) is 1. The van der Waals surface area contributed by atoms with Gasteiger partial charge in [0.2, 0.25) is 15.9 Å². The molecule has 0 bridgehead atoms. The summed E-state index contributed by atoms with van der Waals surface area (Å²) in [6.45, 7) is 0.520. The zero-order chi connectivity index (χ0) is 24.1. The fourth-order valence-electron chi connectivity index (χ4n) is 4.61. The van der Waals surface area contributed by atoms with E-state index < -0.39 is 10.0 Å². The molecule has 2 aromatic carbocycles. The number of methoxy groups -OCH3 is 1. The number of carbonyl (C=O) groups is 2. The molecule has 1 aliphatic heterocycles. The van der Waals surface area contributed by atoms with Gasteiger partial charge in [-0.05, 0) is 62.1 Å². The van der Waals surface area contributed by atoms with Crippen molar-refractivity contribution in [2.75, 3.05) is 25.5 Å². The maximum atomic E-state index is 13.0. The molecule has 2 N–H and O–H groups in total. The normalized spacial score (nSPS) is 17.9. The van der Waals surface area contributed by atoms with Crippen molar-refractivity contribution in [2.45, 2.75) is 49.5 Å². The molecule has 9 heteroatoms. The second-order valence-corrected chi connectivity index (χ2v) is 10.8. The highest BCUT2D eigenvalue weighted by Crippen LogP contribution is 2.27. The van der Waals surface area contributed by atoms with Crippen LogP contribution in [0, 0.1) is 5.92 Å². The minimum absolute atomic E-state index is 0.178. The van der Waals surface area contributed by atoms with Gasteiger partial charge in [0.1, 0.15) is 5.75 Å². The van der Waals surface area contributed by atoms with E-state index in [1.54, 1.807) is 36.4 Å². The van der Waals surface area contributed by atoms with E-state index >= 15 is 0 Å². The summed E-state index contributed by atoms with van der Waals surface area (Å²) in [5.74, 6) is -0.106. The summed E-state index contributed by atoms with van der Waals surface area (Å²) >= 11 is 0. The van der Waals surface area contributed by atoms with Gasteiger partial charge in [-0.25, -0.2) is 8.42 Å². The Morgan fingerprint density at radius 3 is 2.24 bits per heavy atom. The first kappa shape index (κ1) is 24.2. The first-order valence-corrected chi connectivity index (χ1v) is 13.2. The molecule has 2 amide bonds. The monoisotopic (exact) mass is 485 g/mol. The maximum absolute atomic E-state index is 13.0. The number of hydrogen-bond acceptors (Lipinski definition) is 5. The summed E-state index contributed by atoms with van der Waals surface area (Å²) in [6.07, 6.45) is 5.04. The number of carbonyl (C=O) groups excluding carboxylic acids is 2. The Morgan fingerprint density at radius 1 is 0.941 bits per heavy atom. The lowest BCUT2D eigenvalue weighted by molar-refractivity contribution is -0.120. The number of para-hydroxylation sites is 1. The summed E-state index contributed by atoms with van der Waals surface area (Å²) in [6, 6.07) is 13.5. The van der Waals surface area contributed by atoms with Crippen molar-refractivity contribution in [2.24, 2.45) is 5.92 Å². The highest BCUT2D eigenvalue weighted by molar-refractivity contribution is 7.89. The van der Waals surface area contributed by atoms with E-state index in [2.05, 4.69) is 10.6 Å². The second kappa shape index (κ2) is 10.6. The third-order valence-electron chi connectivity index (χ3n) is 6.64. The topological polar surface area (TPSA) is 105 Å². The van der Waals surface area contributed by atoms with Gasteiger partial charge < -0.3 is 15.4 Å². The Kier molecular flexibility index (Phi) is 7.53. The quantitative estimate of drug-likeness (QED) is 0.625. The Labute approximate surface area is 200 Å². The largest absolute Gasteiger partial charge is 0.497 e. The van der Waals surface area contributed by atoms with Gasteiger partial charge in [0.05, 0.1) is 23.3 Å². The van der Waals surface area contributed by atoms with Crippen molar-refractivity contribution in [3.05, 3.63) is 54.1 Å². The number of ether oxygens (including phenoxy) is 1. The van der Waals surface area contributed by atoms with Gasteiger partial charge in [-0.15, -0.1) is 0 Å². The lowest BCUT2D eigenvalue weighted by Gasteiger charge is -2.30. The van der Waals surface area contributed by atoms with Crippen LogP contribution in [0.3, 0.4) is 0 Å². The summed E-state index contributed by atoms with van der Waals surface area (Å²) in [5.41, 5.74) is 0.929. The second-order valence-electron chi connectivity index (χ2n) is 8.84. The molecule has 2 fully saturated rings. The molecule has 0 atom stereocenters. The molecule has 8 nitrogen and oxygen atoms in total. The van der Waals surface area contributed by atoms with Gasteiger partial charge in [0, 0.05) is 25.0 Å². The van der Waals surface area contributed by atoms with E-state index in [9.17, 15) is 18.0 Å². The number of benzene rings is 2. The summed E-state index contributed by atoms with van der Waals surface area (Å²) < 4.78 is 32.4. The number of anilines is 1. The minimum atomic E-state index is -3.63. The van der Waals surface area contributed by atoms with Crippen molar-refractivity contribution in [3.8, 4) is 5.75 Å². The van der Waals surface area contributed by atoms with Crippen LogP contribution in [0.4, 0.5) is 5.69 Å². The highest BCUT2D eigenvalue weighted by atomic mass is 32.2. The maximum Gasteiger partial charge on any atom is 0.253 e. The Bertz CT molecular complexity index is 1120. The molecular formula is C25H31N3O5S. The van der Waals surface area contributed by atoms with Gasteiger partial charge in [-0.1, -0.05) is 25.0 Å². The van der Waals surface area contributed by atoms with Crippen molar-refractivity contribution in [3.63, 3.8) is 0 Å². The van der Waals surface area contributed by atoms with Gasteiger partial charge in [0.25, 0.3) is 5.91 Å². The zero-order valence-corrected chi connectivity index (χ0v) is 20.1. The fraction of sp³-hybridized carbons (Fsp3) is 0.440. The van der Waals surface area contributed by atoms with Crippen molar-refractivity contribution < 1.29 is 22.7 Å².